The fourth-order valence-corrected chi connectivity index (χ4v) is 4.00. The Hall–Kier alpha value is -3.04. The highest BCUT2D eigenvalue weighted by atomic mass is 79.9. The van der Waals surface area contributed by atoms with E-state index in [0.717, 1.165) is 48.7 Å². The molecule has 3 heterocycles. The molecule has 31 heavy (non-hydrogen) atoms. The summed E-state index contributed by atoms with van der Waals surface area (Å²) in [6.07, 6.45) is 1.50. The molecule has 3 aromatic rings. The number of aromatic nitrogens is 2. The van der Waals surface area contributed by atoms with Gasteiger partial charge in [0.1, 0.15) is 17.8 Å². The van der Waals surface area contributed by atoms with Gasteiger partial charge in [-0.05, 0) is 42.0 Å². The fourth-order valence-electron chi connectivity index (χ4n) is 3.73. The Morgan fingerprint density at radius 1 is 0.968 bits per heavy atom. The molecule has 8 nitrogen and oxygen atoms in total. The van der Waals surface area contributed by atoms with Crippen LogP contribution >= 0.6 is 15.9 Å². The van der Waals surface area contributed by atoms with Gasteiger partial charge in [-0.15, -0.1) is 0 Å². The summed E-state index contributed by atoms with van der Waals surface area (Å²) >= 11 is 3.42. The minimum absolute atomic E-state index is 0.297. The van der Waals surface area contributed by atoms with Crippen LogP contribution in [0.15, 0.2) is 53.3 Å². The summed E-state index contributed by atoms with van der Waals surface area (Å²) in [5, 5.41) is 0. The third-order valence-electron chi connectivity index (χ3n) is 5.37. The van der Waals surface area contributed by atoms with Crippen LogP contribution in [0.1, 0.15) is 5.56 Å². The molecule has 2 N–H and O–H groups in total. The largest absolute Gasteiger partial charge is 0.454 e. The van der Waals surface area contributed by atoms with Gasteiger partial charge in [0.25, 0.3) is 0 Å². The summed E-state index contributed by atoms with van der Waals surface area (Å²) in [7, 11) is 0. The molecule has 0 radical (unpaired) electrons. The van der Waals surface area contributed by atoms with Gasteiger partial charge in [0.15, 0.2) is 17.3 Å². The Morgan fingerprint density at radius 2 is 1.74 bits per heavy atom. The van der Waals surface area contributed by atoms with Gasteiger partial charge in [-0.2, -0.15) is 4.98 Å². The number of fused-ring (bicyclic) bond motifs is 1. The van der Waals surface area contributed by atoms with Gasteiger partial charge in [0.05, 0.1) is 0 Å². The smallest absolute Gasteiger partial charge is 0.248 e. The van der Waals surface area contributed by atoms with Crippen molar-refractivity contribution in [2.75, 3.05) is 43.6 Å². The average Bonchev–Trinajstić information content (AvgIpc) is 3.25. The molecule has 0 unspecified atom stereocenters. The second-order valence-corrected chi connectivity index (χ2v) is 8.34. The summed E-state index contributed by atoms with van der Waals surface area (Å²) < 4.78 is 17.7. The number of nitrogens with zero attached hydrogens (tertiary/aromatic N) is 4. The minimum atomic E-state index is 0.297. The van der Waals surface area contributed by atoms with E-state index < -0.39 is 0 Å². The highest BCUT2D eigenvalue weighted by Gasteiger charge is 2.23. The van der Waals surface area contributed by atoms with Gasteiger partial charge in [0, 0.05) is 37.2 Å². The van der Waals surface area contributed by atoms with E-state index in [4.69, 9.17) is 19.9 Å². The van der Waals surface area contributed by atoms with Crippen molar-refractivity contribution in [1.29, 1.82) is 0 Å². The van der Waals surface area contributed by atoms with E-state index in [9.17, 15) is 0 Å². The SMILES string of the molecule is Nc1c(Oc2ccc(Br)cc2)ncnc1N1CCN(Cc2ccc3c(c2)OCO3)CC1. The molecule has 2 aromatic carbocycles. The molecule has 160 valence electrons. The van der Waals surface area contributed by atoms with Crippen LogP contribution in [0.4, 0.5) is 11.5 Å². The second-order valence-electron chi connectivity index (χ2n) is 7.42. The molecule has 0 amide bonds. The molecule has 2 aliphatic rings. The molecule has 0 saturated carbocycles. The summed E-state index contributed by atoms with van der Waals surface area (Å²) in [5.74, 6) is 3.39. The summed E-state index contributed by atoms with van der Waals surface area (Å²) in [6, 6.07) is 13.7. The average molecular weight is 484 g/mol. The number of rotatable bonds is 5. The quantitative estimate of drug-likeness (QED) is 0.588. The van der Waals surface area contributed by atoms with Crippen LogP contribution in [0.5, 0.6) is 23.1 Å². The fraction of sp³-hybridized carbons (Fsp3) is 0.273. The number of nitrogens with two attached hydrogens (primary N) is 1. The van der Waals surface area contributed by atoms with Crippen LogP contribution in [0, 0.1) is 0 Å². The number of nitrogen functional groups attached to an aromatic ring is 1. The van der Waals surface area contributed by atoms with Crippen molar-refractivity contribution in [3.63, 3.8) is 0 Å². The first kappa shape index (κ1) is 19.9. The van der Waals surface area contributed by atoms with Crippen molar-refractivity contribution in [2.45, 2.75) is 6.54 Å². The molecule has 0 atom stereocenters. The number of benzene rings is 2. The third-order valence-corrected chi connectivity index (χ3v) is 5.90. The number of hydrogen-bond donors (Lipinski definition) is 1. The maximum Gasteiger partial charge on any atom is 0.248 e. The highest BCUT2D eigenvalue weighted by Crippen LogP contribution is 2.34. The monoisotopic (exact) mass is 483 g/mol. The molecule has 1 saturated heterocycles. The van der Waals surface area contributed by atoms with Crippen LogP contribution in [-0.4, -0.2) is 47.8 Å². The molecular formula is C22H22BrN5O3. The van der Waals surface area contributed by atoms with Crippen molar-refractivity contribution >= 4 is 27.4 Å². The molecule has 9 heteroatoms. The lowest BCUT2D eigenvalue weighted by molar-refractivity contribution is 0.174. The van der Waals surface area contributed by atoms with Crippen LogP contribution in [0.3, 0.4) is 0 Å². The lowest BCUT2D eigenvalue weighted by Crippen LogP contribution is -2.46. The van der Waals surface area contributed by atoms with E-state index in [-0.39, 0.29) is 0 Å². The van der Waals surface area contributed by atoms with Crippen molar-refractivity contribution in [2.24, 2.45) is 0 Å². The number of anilines is 2. The van der Waals surface area contributed by atoms with E-state index in [1.807, 2.05) is 30.3 Å². The van der Waals surface area contributed by atoms with Crippen molar-refractivity contribution < 1.29 is 14.2 Å². The number of piperazine rings is 1. The first-order valence-corrected chi connectivity index (χ1v) is 10.8. The van der Waals surface area contributed by atoms with Gasteiger partial charge >= 0.3 is 0 Å². The van der Waals surface area contributed by atoms with Crippen LogP contribution in [-0.2, 0) is 6.54 Å². The Balaban J connectivity index is 1.22. The van der Waals surface area contributed by atoms with Crippen LogP contribution < -0.4 is 24.8 Å². The second kappa shape index (κ2) is 8.60. The zero-order chi connectivity index (χ0) is 21.2. The van der Waals surface area contributed by atoms with E-state index in [0.29, 0.717) is 29.9 Å². The molecule has 1 fully saturated rings. The number of halogens is 1. The zero-order valence-electron chi connectivity index (χ0n) is 16.8. The lowest BCUT2D eigenvalue weighted by Gasteiger charge is -2.35. The van der Waals surface area contributed by atoms with Gasteiger partial charge in [-0.3, -0.25) is 4.90 Å². The molecule has 2 aliphatic heterocycles. The highest BCUT2D eigenvalue weighted by molar-refractivity contribution is 9.10. The topological polar surface area (TPSA) is 86.0 Å². The minimum Gasteiger partial charge on any atom is -0.454 e. The van der Waals surface area contributed by atoms with E-state index in [1.165, 1.54) is 11.9 Å². The molecule has 0 spiro atoms. The molecule has 1 aromatic heterocycles. The van der Waals surface area contributed by atoms with Gasteiger partial charge < -0.3 is 24.8 Å². The van der Waals surface area contributed by atoms with Gasteiger partial charge in [-0.1, -0.05) is 22.0 Å². The normalized spacial score (nSPS) is 15.8. The molecular weight excluding hydrogens is 462 g/mol. The standard InChI is InChI=1S/C22H22BrN5O3/c23-16-2-4-17(5-3-16)31-22-20(24)21(25-13-26-22)28-9-7-27(8-10-28)12-15-1-6-18-19(11-15)30-14-29-18/h1-6,11,13H,7-10,12,14,24H2. The van der Waals surface area contributed by atoms with Crippen molar-refractivity contribution in [1.82, 2.24) is 14.9 Å². The Labute approximate surface area is 188 Å². The van der Waals surface area contributed by atoms with E-state index in [1.54, 1.807) is 0 Å². The van der Waals surface area contributed by atoms with Crippen LogP contribution in [0.2, 0.25) is 0 Å². The predicted octanol–water partition coefficient (Wildman–Crippen LogP) is 3.66. The third kappa shape index (κ3) is 4.38. The lowest BCUT2D eigenvalue weighted by atomic mass is 10.1. The summed E-state index contributed by atoms with van der Waals surface area (Å²) in [4.78, 5) is 13.2. The zero-order valence-corrected chi connectivity index (χ0v) is 18.4. The maximum atomic E-state index is 6.36. The Morgan fingerprint density at radius 3 is 2.55 bits per heavy atom. The Bertz CT molecular complexity index is 1070. The van der Waals surface area contributed by atoms with E-state index in [2.05, 4.69) is 47.8 Å². The van der Waals surface area contributed by atoms with Crippen LogP contribution in [0.25, 0.3) is 0 Å². The predicted molar refractivity (Wildman–Crippen MR) is 121 cm³/mol. The van der Waals surface area contributed by atoms with Gasteiger partial charge in [-0.25, -0.2) is 4.98 Å². The summed E-state index contributed by atoms with van der Waals surface area (Å²) in [5.41, 5.74) is 8.03. The number of hydrogen-bond acceptors (Lipinski definition) is 8. The first-order chi connectivity index (χ1) is 15.2. The molecule has 5 rings (SSSR count). The summed E-state index contributed by atoms with van der Waals surface area (Å²) in [6.45, 7) is 4.61. The maximum absolute atomic E-state index is 6.36. The van der Waals surface area contributed by atoms with Crippen molar-refractivity contribution in [3.8, 4) is 23.1 Å². The molecule has 0 bridgehead atoms. The molecule has 0 aliphatic carbocycles. The Kier molecular flexibility index (Phi) is 5.52. The van der Waals surface area contributed by atoms with Gasteiger partial charge in [0.2, 0.25) is 12.7 Å². The first-order valence-electron chi connectivity index (χ1n) is 10.1. The van der Waals surface area contributed by atoms with Crippen molar-refractivity contribution in [3.05, 3.63) is 58.8 Å². The van der Waals surface area contributed by atoms with E-state index >= 15 is 0 Å². The number of ether oxygens (including phenoxy) is 3.